The molecule has 1 saturated heterocycles. The van der Waals surface area contributed by atoms with Crippen molar-refractivity contribution in [2.45, 2.75) is 5.37 Å². The van der Waals surface area contributed by atoms with Crippen LogP contribution in [-0.2, 0) is 0 Å². The smallest absolute Gasteiger partial charge is 0.255 e. The molecule has 3 aromatic carbocycles. The summed E-state index contributed by atoms with van der Waals surface area (Å²) in [4.78, 5) is 15.2. The molecule has 29 heavy (non-hydrogen) atoms. The molecule has 1 heterocycles. The average Bonchev–Trinajstić information content (AvgIpc) is 3.29. The van der Waals surface area contributed by atoms with Crippen molar-refractivity contribution < 1.29 is 14.3 Å². The molecule has 0 radical (unpaired) electrons. The molecular weight excluding hydrogens is 382 g/mol. The Labute approximate surface area is 175 Å². The third-order valence-electron chi connectivity index (χ3n) is 5.05. The lowest BCUT2D eigenvalue weighted by Gasteiger charge is -2.25. The van der Waals surface area contributed by atoms with Gasteiger partial charge in [-0.25, -0.2) is 0 Å². The second kappa shape index (κ2) is 8.62. The highest BCUT2D eigenvalue weighted by Gasteiger charge is 2.32. The van der Waals surface area contributed by atoms with Crippen molar-refractivity contribution in [3.05, 3.63) is 83.9 Å². The second-order valence-electron chi connectivity index (χ2n) is 6.81. The molecule has 0 aliphatic carbocycles. The lowest BCUT2D eigenvalue weighted by molar-refractivity contribution is 0.0760. The fourth-order valence-electron chi connectivity index (χ4n) is 3.53. The Kier molecular flexibility index (Phi) is 5.76. The molecule has 4 rings (SSSR count). The van der Waals surface area contributed by atoms with Crippen LogP contribution in [0.2, 0.25) is 0 Å². The summed E-state index contributed by atoms with van der Waals surface area (Å²) in [6.45, 7) is 0.716. The van der Waals surface area contributed by atoms with Crippen molar-refractivity contribution >= 4 is 17.7 Å². The summed E-state index contributed by atoms with van der Waals surface area (Å²) in [5.74, 6) is 2.40. The summed E-state index contributed by atoms with van der Waals surface area (Å²) in [6, 6.07) is 23.8. The van der Waals surface area contributed by atoms with E-state index in [4.69, 9.17) is 9.47 Å². The summed E-state index contributed by atoms with van der Waals surface area (Å²) >= 11 is 1.76. The summed E-state index contributed by atoms with van der Waals surface area (Å²) in [7, 11) is 3.27. The number of carbonyl (C=O) groups is 1. The van der Waals surface area contributed by atoms with Crippen molar-refractivity contribution in [3.63, 3.8) is 0 Å². The molecule has 1 aliphatic rings. The van der Waals surface area contributed by atoms with Crippen LogP contribution in [0.25, 0.3) is 11.1 Å². The van der Waals surface area contributed by atoms with Gasteiger partial charge in [-0.05, 0) is 41.0 Å². The number of hydrogen-bond donors (Lipinski definition) is 0. The Hall–Kier alpha value is -2.92. The van der Waals surface area contributed by atoms with Gasteiger partial charge < -0.3 is 14.4 Å². The summed E-state index contributed by atoms with van der Waals surface area (Å²) in [5.41, 5.74) is 3.96. The Morgan fingerprint density at radius 1 is 0.897 bits per heavy atom. The number of benzene rings is 3. The van der Waals surface area contributed by atoms with E-state index in [1.165, 1.54) is 0 Å². The monoisotopic (exact) mass is 405 g/mol. The van der Waals surface area contributed by atoms with Crippen LogP contribution in [0.4, 0.5) is 0 Å². The molecule has 1 fully saturated rings. The molecule has 1 aliphatic heterocycles. The molecule has 0 saturated carbocycles. The number of nitrogens with zero attached hydrogens (tertiary/aromatic N) is 1. The Morgan fingerprint density at radius 2 is 1.52 bits per heavy atom. The fraction of sp³-hybridized carbons (Fsp3) is 0.208. The van der Waals surface area contributed by atoms with Gasteiger partial charge in [-0.15, -0.1) is 11.8 Å². The number of thioether (sulfide) groups is 1. The number of carbonyl (C=O) groups excluding carboxylic acids is 1. The van der Waals surface area contributed by atoms with E-state index in [9.17, 15) is 4.79 Å². The maximum atomic E-state index is 13.2. The van der Waals surface area contributed by atoms with Gasteiger partial charge in [-0.3, -0.25) is 4.79 Å². The zero-order chi connectivity index (χ0) is 20.2. The van der Waals surface area contributed by atoms with Gasteiger partial charge in [0.05, 0.1) is 14.2 Å². The van der Waals surface area contributed by atoms with E-state index in [0.29, 0.717) is 12.1 Å². The average molecular weight is 406 g/mol. The Morgan fingerprint density at radius 3 is 2.14 bits per heavy atom. The van der Waals surface area contributed by atoms with E-state index >= 15 is 0 Å². The van der Waals surface area contributed by atoms with E-state index in [1.807, 2.05) is 65.6 Å². The van der Waals surface area contributed by atoms with E-state index in [2.05, 4.69) is 12.1 Å². The molecule has 148 valence electrons. The zero-order valence-corrected chi connectivity index (χ0v) is 17.3. The zero-order valence-electron chi connectivity index (χ0n) is 16.5. The molecule has 0 unspecified atom stereocenters. The number of methoxy groups -OCH3 is 2. The largest absolute Gasteiger partial charge is 0.497 e. The van der Waals surface area contributed by atoms with E-state index in [0.717, 1.165) is 33.9 Å². The molecule has 1 amide bonds. The molecule has 0 bridgehead atoms. The lowest BCUT2D eigenvalue weighted by atomic mass is 10.0. The highest BCUT2D eigenvalue weighted by atomic mass is 32.2. The van der Waals surface area contributed by atoms with Crippen LogP contribution in [0.15, 0.2) is 72.8 Å². The van der Waals surface area contributed by atoms with Crippen LogP contribution in [0.1, 0.15) is 21.3 Å². The normalized spacial score (nSPS) is 15.9. The SMILES string of the molecule is COc1cc(OC)cc([C@@H]2SCCN2C(=O)c2ccc(-c3ccccc3)cc2)c1. The predicted octanol–water partition coefficient (Wildman–Crippen LogP) is 5.26. The van der Waals surface area contributed by atoms with E-state index in [-0.39, 0.29) is 11.3 Å². The minimum Gasteiger partial charge on any atom is -0.497 e. The maximum absolute atomic E-state index is 13.2. The first kappa shape index (κ1) is 19.4. The summed E-state index contributed by atoms with van der Waals surface area (Å²) in [5, 5.41) is -0.0553. The highest BCUT2D eigenvalue weighted by Crippen LogP contribution is 2.41. The number of rotatable bonds is 5. The van der Waals surface area contributed by atoms with Gasteiger partial charge in [0.15, 0.2) is 0 Å². The van der Waals surface area contributed by atoms with Crippen LogP contribution in [0.3, 0.4) is 0 Å². The van der Waals surface area contributed by atoms with Gasteiger partial charge in [0.25, 0.3) is 5.91 Å². The first-order chi connectivity index (χ1) is 14.2. The van der Waals surface area contributed by atoms with Gasteiger partial charge in [0.2, 0.25) is 0 Å². The molecule has 5 heteroatoms. The van der Waals surface area contributed by atoms with Gasteiger partial charge in [0.1, 0.15) is 16.9 Å². The molecule has 3 aromatic rings. The third kappa shape index (κ3) is 4.10. The van der Waals surface area contributed by atoms with E-state index in [1.54, 1.807) is 26.0 Å². The van der Waals surface area contributed by atoms with Gasteiger partial charge in [-0.1, -0.05) is 42.5 Å². The van der Waals surface area contributed by atoms with Crippen molar-refractivity contribution in [2.24, 2.45) is 0 Å². The number of amides is 1. The third-order valence-corrected chi connectivity index (χ3v) is 6.31. The van der Waals surface area contributed by atoms with Crippen LogP contribution in [0, 0.1) is 0 Å². The molecule has 1 atom stereocenters. The number of hydrogen-bond acceptors (Lipinski definition) is 4. The minimum atomic E-state index is -0.0553. The van der Waals surface area contributed by atoms with Gasteiger partial charge in [0, 0.05) is 23.9 Å². The van der Waals surface area contributed by atoms with Crippen LogP contribution in [0.5, 0.6) is 11.5 Å². The van der Waals surface area contributed by atoms with Crippen molar-refractivity contribution in [3.8, 4) is 22.6 Å². The standard InChI is InChI=1S/C24H23NO3S/c1-27-21-14-20(15-22(16-21)28-2)24-25(12-13-29-24)23(26)19-10-8-18(9-11-19)17-6-4-3-5-7-17/h3-11,14-16,24H,12-13H2,1-2H3/t24-/m0/s1. The van der Waals surface area contributed by atoms with Crippen LogP contribution in [-0.4, -0.2) is 37.3 Å². The number of ether oxygens (including phenoxy) is 2. The summed E-state index contributed by atoms with van der Waals surface area (Å²) < 4.78 is 10.8. The highest BCUT2D eigenvalue weighted by molar-refractivity contribution is 7.99. The maximum Gasteiger partial charge on any atom is 0.255 e. The van der Waals surface area contributed by atoms with E-state index < -0.39 is 0 Å². The van der Waals surface area contributed by atoms with Gasteiger partial charge in [-0.2, -0.15) is 0 Å². The Balaban J connectivity index is 1.58. The topological polar surface area (TPSA) is 38.8 Å². The molecule has 4 nitrogen and oxygen atoms in total. The minimum absolute atomic E-state index is 0.0430. The van der Waals surface area contributed by atoms with Crippen molar-refractivity contribution in [1.29, 1.82) is 0 Å². The first-order valence-electron chi connectivity index (χ1n) is 9.50. The Bertz CT molecular complexity index is 967. The predicted molar refractivity (Wildman–Crippen MR) is 118 cm³/mol. The van der Waals surface area contributed by atoms with Crippen molar-refractivity contribution in [1.82, 2.24) is 4.90 Å². The second-order valence-corrected chi connectivity index (χ2v) is 8.00. The van der Waals surface area contributed by atoms with Gasteiger partial charge >= 0.3 is 0 Å². The molecular formula is C24H23NO3S. The lowest BCUT2D eigenvalue weighted by Crippen LogP contribution is -2.30. The molecule has 0 N–H and O–H groups in total. The van der Waals surface area contributed by atoms with Crippen molar-refractivity contribution in [2.75, 3.05) is 26.5 Å². The first-order valence-corrected chi connectivity index (χ1v) is 10.6. The van der Waals surface area contributed by atoms with Crippen LogP contribution >= 0.6 is 11.8 Å². The fourth-order valence-corrected chi connectivity index (χ4v) is 4.76. The van der Waals surface area contributed by atoms with Crippen LogP contribution < -0.4 is 9.47 Å². The molecule has 0 aromatic heterocycles. The molecule has 0 spiro atoms. The summed E-state index contributed by atoms with van der Waals surface area (Å²) in [6.07, 6.45) is 0. The quantitative estimate of drug-likeness (QED) is 0.580.